The fraction of sp³-hybridized carbons (Fsp3) is 0.133. The Morgan fingerprint density at radius 1 is 1.25 bits per heavy atom. The van der Waals surface area contributed by atoms with Crippen molar-refractivity contribution in [3.05, 3.63) is 56.3 Å². The average Bonchev–Trinajstić information content (AvgIpc) is 2.77. The smallest absolute Gasteiger partial charge is 0.132 e. The van der Waals surface area contributed by atoms with Gasteiger partial charge in [0.15, 0.2) is 0 Å². The van der Waals surface area contributed by atoms with Gasteiger partial charge >= 0.3 is 0 Å². The van der Waals surface area contributed by atoms with Gasteiger partial charge in [-0.15, -0.1) is 11.6 Å². The lowest BCUT2D eigenvalue weighted by molar-refractivity contribution is 0.882. The van der Waals surface area contributed by atoms with Crippen molar-refractivity contribution in [2.45, 2.75) is 12.3 Å². The Morgan fingerprint density at radius 2 is 2.05 bits per heavy atom. The molecule has 1 aromatic heterocycles. The Kier molecular flexibility index (Phi) is 4.06. The van der Waals surface area contributed by atoms with E-state index in [9.17, 15) is 0 Å². The van der Waals surface area contributed by atoms with E-state index < -0.39 is 0 Å². The van der Waals surface area contributed by atoms with Crippen LogP contribution in [0.15, 0.2) is 46.9 Å². The molecule has 0 saturated heterocycles. The second kappa shape index (κ2) is 5.66. The van der Waals surface area contributed by atoms with E-state index in [4.69, 9.17) is 11.6 Å². The van der Waals surface area contributed by atoms with E-state index in [1.165, 1.54) is 3.57 Å². The Bertz CT molecular complexity index is 783. The summed E-state index contributed by atoms with van der Waals surface area (Å²) in [7, 11) is 0. The van der Waals surface area contributed by atoms with Gasteiger partial charge in [-0.25, -0.2) is 4.98 Å². The van der Waals surface area contributed by atoms with Crippen LogP contribution in [0.2, 0.25) is 0 Å². The monoisotopic (exact) mass is 460 g/mol. The number of rotatable bonds is 2. The van der Waals surface area contributed by atoms with Gasteiger partial charge in [0, 0.05) is 13.7 Å². The summed E-state index contributed by atoms with van der Waals surface area (Å²) in [6, 6.07) is 14.4. The number of aromatic nitrogens is 2. The van der Waals surface area contributed by atoms with Crippen molar-refractivity contribution in [1.82, 2.24) is 9.55 Å². The second-order valence-electron chi connectivity index (χ2n) is 4.53. The van der Waals surface area contributed by atoms with Gasteiger partial charge in [0.2, 0.25) is 0 Å². The summed E-state index contributed by atoms with van der Waals surface area (Å²) < 4.78 is 4.34. The first-order chi connectivity index (χ1) is 9.56. The lowest BCUT2D eigenvalue weighted by Gasteiger charge is -2.11. The van der Waals surface area contributed by atoms with Gasteiger partial charge in [0.1, 0.15) is 5.82 Å². The van der Waals surface area contributed by atoms with E-state index in [-0.39, 0.29) is 5.38 Å². The maximum absolute atomic E-state index is 6.31. The number of halogens is 3. The van der Waals surface area contributed by atoms with Gasteiger partial charge in [-0.05, 0) is 65.9 Å². The van der Waals surface area contributed by atoms with Crippen LogP contribution in [0.1, 0.15) is 18.1 Å². The fourth-order valence-corrected chi connectivity index (χ4v) is 3.24. The van der Waals surface area contributed by atoms with Crippen molar-refractivity contribution in [1.29, 1.82) is 0 Å². The first kappa shape index (κ1) is 14.4. The summed E-state index contributed by atoms with van der Waals surface area (Å²) in [6.07, 6.45) is 0. The van der Waals surface area contributed by atoms with Gasteiger partial charge in [0.25, 0.3) is 0 Å². The third-order valence-electron chi connectivity index (χ3n) is 3.06. The molecule has 0 aliphatic carbocycles. The molecule has 0 spiro atoms. The number of fused-ring (bicyclic) bond motifs is 1. The van der Waals surface area contributed by atoms with Crippen LogP contribution < -0.4 is 0 Å². The Labute approximate surface area is 144 Å². The van der Waals surface area contributed by atoms with Crippen LogP contribution in [0.4, 0.5) is 0 Å². The quantitative estimate of drug-likeness (QED) is 0.354. The van der Waals surface area contributed by atoms with Crippen molar-refractivity contribution in [3.8, 4) is 5.69 Å². The molecule has 1 heterocycles. The van der Waals surface area contributed by atoms with Crippen molar-refractivity contribution in [2.24, 2.45) is 0 Å². The molecule has 0 fully saturated rings. The number of benzene rings is 2. The summed E-state index contributed by atoms with van der Waals surface area (Å²) >= 11 is 12.2. The molecular formula is C15H11BrClIN2. The minimum absolute atomic E-state index is 0.154. The fourth-order valence-electron chi connectivity index (χ4n) is 2.22. The molecule has 0 radical (unpaired) electrons. The summed E-state index contributed by atoms with van der Waals surface area (Å²) in [5.74, 6) is 0.863. The molecule has 3 rings (SSSR count). The first-order valence-corrected chi connectivity index (χ1v) is 8.45. The highest BCUT2D eigenvalue weighted by molar-refractivity contribution is 14.1. The molecule has 0 saturated carbocycles. The molecule has 3 aromatic rings. The molecule has 2 nitrogen and oxygen atoms in total. The lowest BCUT2D eigenvalue weighted by Crippen LogP contribution is -2.02. The van der Waals surface area contributed by atoms with Crippen LogP contribution in [-0.2, 0) is 0 Å². The highest BCUT2D eigenvalue weighted by Gasteiger charge is 2.16. The molecule has 5 heteroatoms. The number of nitrogens with zero attached hydrogens (tertiary/aromatic N) is 2. The Balaban J connectivity index is 2.36. The summed E-state index contributed by atoms with van der Waals surface area (Å²) in [6.45, 7) is 1.95. The SMILES string of the molecule is CC(Cl)c1nc2ccc(Br)cc2n1-c1cccc(I)c1. The highest BCUT2D eigenvalue weighted by atomic mass is 127. The zero-order chi connectivity index (χ0) is 14.3. The second-order valence-corrected chi connectivity index (χ2v) is 7.35. The normalized spacial score (nSPS) is 12.8. The minimum atomic E-state index is -0.154. The highest BCUT2D eigenvalue weighted by Crippen LogP contribution is 2.30. The zero-order valence-corrected chi connectivity index (χ0v) is 15.1. The van der Waals surface area contributed by atoms with Crippen LogP contribution in [0.5, 0.6) is 0 Å². The van der Waals surface area contributed by atoms with Crippen LogP contribution in [-0.4, -0.2) is 9.55 Å². The van der Waals surface area contributed by atoms with Crippen LogP contribution >= 0.6 is 50.1 Å². The molecule has 0 aliphatic rings. The number of alkyl halides is 1. The van der Waals surface area contributed by atoms with Crippen molar-refractivity contribution >= 4 is 61.2 Å². The molecule has 0 bridgehead atoms. The Morgan fingerprint density at radius 3 is 2.75 bits per heavy atom. The van der Waals surface area contributed by atoms with Crippen molar-refractivity contribution < 1.29 is 0 Å². The van der Waals surface area contributed by atoms with E-state index in [2.05, 4.69) is 72.3 Å². The van der Waals surface area contributed by atoms with Crippen LogP contribution in [0, 0.1) is 3.57 Å². The molecule has 2 aromatic carbocycles. The standard InChI is InChI=1S/C15H11BrClIN2/c1-9(17)15-19-13-6-5-10(16)7-14(13)20(15)12-4-2-3-11(18)8-12/h2-9H,1H3. The largest absolute Gasteiger partial charge is 0.295 e. The first-order valence-electron chi connectivity index (χ1n) is 6.14. The number of imidazole rings is 1. The zero-order valence-electron chi connectivity index (χ0n) is 10.6. The summed E-state index contributed by atoms with van der Waals surface area (Å²) in [4.78, 5) is 4.67. The molecule has 0 aliphatic heterocycles. The minimum Gasteiger partial charge on any atom is -0.295 e. The maximum atomic E-state index is 6.31. The van der Waals surface area contributed by atoms with Gasteiger partial charge in [-0.1, -0.05) is 22.0 Å². The molecule has 0 N–H and O–H groups in total. The van der Waals surface area contributed by atoms with E-state index in [0.717, 1.165) is 27.0 Å². The summed E-state index contributed by atoms with van der Waals surface area (Å²) in [5.41, 5.74) is 3.10. The lowest BCUT2D eigenvalue weighted by atomic mass is 10.2. The van der Waals surface area contributed by atoms with E-state index >= 15 is 0 Å². The van der Waals surface area contributed by atoms with Crippen LogP contribution in [0.25, 0.3) is 16.7 Å². The maximum Gasteiger partial charge on any atom is 0.132 e. The molecular weight excluding hydrogens is 450 g/mol. The topological polar surface area (TPSA) is 17.8 Å². The third-order valence-corrected chi connectivity index (χ3v) is 4.42. The summed E-state index contributed by atoms with van der Waals surface area (Å²) in [5, 5.41) is -0.154. The van der Waals surface area contributed by atoms with E-state index in [1.54, 1.807) is 0 Å². The molecule has 102 valence electrons. The number of hydrogen-bond acceptors (Lipinski definition) is 1. The van der Waals surface area contributed by atoms with Crippen molar-refractivity contribution in [2.75, 3.05) is 0 Å². The van der Waals surface area contributed by atoms with Gasteiger partial charge in [-0.3, -0.25) is 4.57 Å². The van der Waals surface area contributed by atoms with Crippen LogP contribution in [0.3, 0.4) is 0 Å². The van der Waals surface area contributed by atoms with E-state index in [1.807, 2.05) is 25.1 Å². The Hall–Kier alpha value is -0.590. The average molecular weight is 462 g/mol. The number of hydrogen-bond donors (Lipinski definition) is 0. The molecule has 0 amide bonds. The van der Waals surface area contributed by atoms with E-state index in [0.29, 0.717) is 0 Å². The predicted molar refractivity (Wildman–Crippen MR) is 95.8 cm³/mol. The van der Waals surface area contributed by atoms with Crippen molar-refractivity contribution in [3.63, 3.8) is 0 Å². The molecule has 1 unspecified atom stereocenters. The predicted octanol–water partition coefficient (Wildman–Crippen LogP) is 5.69. The molecule has 20 heavy (non-hydrogen) atoms. The van der Waals surface area contributed by atoms with Gasteiger partial charge in [0.05, 0.1) is 16.4 Å². The molecule has 1 atom stereocenters. The van der Waals surface area contributed by atoms with Gasteiger partial charge in [-0.2, -0.15) is 0 Å². The van der Waals surface area contributed by atoms with Gasteiger partial charge < -0.3 is 0 Å². The third kappa shape index (κ3) is 2.61.